The highest BCUT2D eigenvalue weighted by Crippen LogP contribution is 2.29. The van der Waals surface area contributed by atoms with Crippen LogP contribution in [0, 0.1) is 6.92 Å². The first kappa shape index (κ1) is 14.2. The van der Waals surface area contributed by atoms with Crippen molar-refractivity contribution in [3.05, 3.63) is 65.4 Å². The number of nitrogen functional groups attached to an aromatic ring is 1. The van der Waals surface area contributed by atoms with Crippen LogP contribution in [-0.2, 0) is 17.8 Å². The lowest BCUT2D eigenvalue weighted by atomic mass is 10.1. The molecule has 0 radical (unpaired) electrons. The Labute approximate surface area is 129 Å². The summed E-state index contributed by atoms with van der Waals surface area (Å²) in [6, 6.07) is 16.1. The number of hydrogen-bond donors (Lipinski definition) is 2. The van der Waals surface area contributed by atoms with Gasteiger partial charge in [-0.25, -0.2) is 0 Å². The van der Waals surface area contributed by atoms with Crippen LogP contribution >= 0.6 is 0 Å². The molecule has 4 nitrogen and oxygen atoms in total. The SMILES string of the molecule is Cc1c(CC(N)=O)c2cc(N)ccc2n1Cc1ccccc1. The molecular formula is C18H19N3O. The Morgan fingerprint density at radius 2 is 1.86 bits per heavy atom. The fraction of sp³-hybridized carbons (Fsp3) is 0.167. The number of benzene rings is 2. The molecule has 0 fully saturated rings. The molecule has 0 spiro atoms. The predicted molar refractivity (Wildman–Crippen MR) is 89.5 cm³/mol. The Hall–Kier alpha value is -2.75. The maximum atomic E-state index is 11.4. The molecule has 1 amide bonds. The summed E-state index contributed by atoms with van der Waals surface area (Å²) in [5.41, 5.74) is 16.3. The van der Waals surface area contributed by atoms with E-state index in [2.05, 4.69) is 16.7 Å². The van der Waals surface area contributed by atoms with E-state index >= 15 is 0 Å². The van der Waals surface area contributed by atoms with Gasteiger partial charge in [-0.3, -0.25) is 4.79 Å². The highest BCUT2D eigenvalue weighted by atomic mass is 16.1. The average Bonchev–Trinajstić information content (AvgIpc) is 2.73. The maximum absolute atomic E-state index is 11.4. The highest BCUT2D eigenvalue weighted by molar-refractivity contribution is 5.92. The molecule has 3 rings (SSSR count). The molecule has 3 aromatic rings. The zero-order chi connectivity index (χ0) is 15.7. The highest BCUT2D eigenvalue weighted by Gasteiger charge is 2.16. The molecule has 22 heavy (non-hydrogen) atoms. The molecule has 0 aliphatic rings. The number of nitrogens with zero attached hydrogens (tertiary/aromatic N) is 1. The molecule has 112 valence electrons. The maximum Gasteiger partial charge on any atom is 0.221 e. The van der Waals surface area contributed by atoms with Crippen molar-refractivity contribution in [2.75, 3.05) is 5.73 Å². The van der Waals surface area contributed by atoms with E-state index in [4.69, 9.17) is 11.5 Å². The molecule has 4 heteroatoms. The monoisotopic (exact) mass is 293 g/mol. The van der Waals surface area contributed by atoms with Crippen molar-refractivity contribution in [1.29, 1.82) is 0 Å². The van der Waals surface area contributed by atoms with Gasteiger partial charge in [0, 0.05) is 28.8 Å². The largest absolute Gasteiger partial charge is 0.399 e. The second kappa shape index (κ2) is 5.56. The Morgan fingerprint density at radius 3 is 2.55 bits per heavy atom. The lowest BCUT2D eigenvalue weighted by Gasteiger charge is -2.09. The van der Waals surface area contributed by atoms with Crippen LogP contribution in [0.15, 0.2) is 48.5 Å². The van der Waals surface area contributed by atoms with E-state index in [1.807, 2.05) is 43.3 Å². The minimum Gasteiger partial charge on any atom is -0.399 e. The van der Waals surface area contributed by atoms with Crippen LogP contribution in [0.3, 0.4) is 0 Å². The van der Waals surface area contributed by atoms with E-state index in [0.717, 1.165) is 28.7 Å². The van der Waals surface area contributed by atoms with Gasteiger partial charge >= 0.3 is 0 Å². The number of rotatable bonds is 4. The Bertz CT molecular complexity index is 834. The molecule has 1 heterocycles. The lowest BCUT2D eigenvalue weighted by Crippen LogP contribution is -2.14. The predicted octanol–water partition coefficient (Wildman–Crippen LogP) is 2.61. The molecule has 0 aliphatic heterocycles. The molecule has 0 unspecified atom stereocenters. The number of amides is 1. The first-order chi connectivity index (χ1) is 10.6. The zero-order valence-corrected chi connectivity index (χ0v) is 12.5. The quantitative estimate of drug-likeness (QED) is 0.726. The van der Waals surface area contributed by atoms with Gasteiger partial charge < -0.3 is 16.0 Å². The number of aromatic nitrogens is 1. The summed E-state index contributed by atoms with van der Waals surface area (Å²) in [4.78, 5) is 11.4. The summed E-state index contributed by atoms with van der Waals surface area (Å²) in [5, 5.41) is 1.01. The number of nitrogens with two attached hydrogens (primary N) is 2. The molecule has 0 aliphatic carbocycles. The topological polar surface area (TPSA) is 74.0 Å². The summed E-state index contributed by atoms with van der Waals surface area (Å²) in [7, 11) is 0. The molecule has 0 saturated heterocycles. The first-order valence-electron chi connectivity index (χ1n) is 7.25. The number of primary amides is 1. The third kappa shape index (κ3) is 2.55. The van der Waals surface area contributed by atoms with Crippen molar-refractivity contribution in [3.8, 4) is 0 Å². The van der Waals surface area contributed by atoms with Crippen LogP contribution in [0.5, 0.6) is 0 Å². The number of carbonyl (C=O) groups is 1. The van der Waals surface area contributed by atoms with Crippen molar-refractivity contribution in [1.82, 2.24) is 4.57 Å². The standard InChI is InChI=1S/C18H19N3O/c1-12-15(10-18(20)22)16-9-14(19)7-8-17(16)21(12)11-13-5-3-2-4-6-13/h2-9H,10-11,19H2,1H3,(H2,20,22). The molecule has 0 atom stereocenters. The van der Waals surface area contributed by atoms with Crippen molar-refractivity contribution < 1.29 is 4.79 Å². The van der Waals surface area contributed by atoms with Gasteiger partial charge in [0.2, 0.25) is 5.91 Å². The average molecular weight is 293 g/mol. The van der Waals surface area contributed by atoms with Gasteiger partial charge in [-0.1, -0.05) is 30.3 Å². The Balaban J connectivity index is 2.17. The molecular weight excluding hydrogens is 274 g/mol. The van der Waals surface area contributed by atoms with E-state index in [1.54, 1.807) is 0 Å². The number of fused-ring (bicyclic) bond motifs is 1. The number of hydrogen-bond acceptors (Lipinski definition) is 2. The molecule has 4 N–H and O–H groups in total. The van der Waals surface area contributed by atoms with E-state index in [0.29, 0.717) is 5.69 Å². The van der Waals surface area contributed by atoms with Crippen LogP contribution in [0.1, 0.15) is 16.8 Å². The molecule has 2 aromatic carbocycles. The summed E-state index contributed by atoms with van der Waals surface area (Å²) >= 11 is 0. The fourth-order valence-corrected chi connectivity index (χ4v) is 2.94. The summed E-state index contributed by atoms with van der Waals surface area (Å²) in [6.07, 6.45) is 0.230. The lowest BCUT2D eigenvalue weighted by molar-refractivity contribution is -0.117. The van der Waals surface area contributed by atoms with E-state index in [9.17, 15) is 4.79 Å². The van der Waals surface area contributed by atoms with Gasteiger partial charge in [0.25, 0.3) is 0 Å². The van der Waals surface area contributed by atoms with Gasteiger partial charge in [-0.15, -0.1) is 0 Å². The third-order valence-electron chi connectivity index (χ3n) is 4.01. The molecule has 1 aromatic heterocycles. The van der Waals surface area contributed by atoms with E-state index < -0.39 is 0 Å². The second-order valence-electron chi connectivity index (χ2n) is 5.56. The van der Waals surface area contributed by atoms with Gasteiger partial charge in [0.05, 0.1) is 6.42 Å². The normalized spacial score (nSPS) is 11.0. The fourth-order valence-electron chi connectivity index (χ4n) is 2.94. The minimum atomic E-state index is -0.329. The summed E-state index contributed by atoms with van der Waals surface area (Å²) in [5.74, 6) is -0.329. The van der Waals surface area contributed by atoms with Gasteiger partial charge in [-0.2, -0.15) is 0 Å². The van der Waals surface area contributed by atoms with Crippen molar-refractivity contribution in [2.24, 2.45) is 5.73 Å². The Morgan fingerprint density at radius 1 is 1.14 bits per heavy atom. The van der Waals surface area contributed by atoms with Crippen molar-refractivity contribution in [3.63, 3.8) is 0 Å². The van der Waals surface area contributed by atoms with Crippen LogP contribution in [0.4, 0.5) is 5.69 Å². The van der Waals surface area contributed by atoms with Crippen molar-refractivity contribution >= 4 is 22.5 Å². The second-order valence-corrected chi connectivity index (χ2v) is 5.56. The summed E-state index contributed by atoms with van der Waals surface area (Å²) in [6.45, 7) is 2.78. The van der Waals surface area contributed by atoms with Gasteiger partial charge in [0.1, 0.15) is 0 Å². The Kier molecular flexibility index (Phi) is 3.59. The number of carbonyl (C=O) groups excluding carboxylic acids is 1. The molecule has 0 saturated carbocycles. The van der Waals surface area contributed by atoms with Gasteiger partial charge in [0.15, 0.2) is 0 Å². The van der Waals surface area contributed by atoms with Crippen LogP contribution in [0.25, 0.3) is 10.9 Å². The van der Waals surface area contributed by atoms with Gasteiger partial charge in [-0.05, 0) is 36.2 Å². The van der Waals surface area contributed by atoms with Crippen LogP contribution < -0.4 is 11.5 Å². The first-order valence-corrected chi connectivity index (χ1v) is 7.25. The van der Waals surface area contributed by atoms with E-state index in [1.165, 1.54) is 5.56 Å². The third-order valence-corrected chi connectivity index (χ3v) is 4.01. The van der Waals surface area contributed by atoms with E-state index in [-0.39, 0.29) is 12.3 Å². The minimum absolute atomic E-state index is 0.230. The van der Waals surface area contributed by atoms with Crippen molar-refractivity contribution in [2.45, 2.75) is 19.9 Å². The van der Waals surface area contributed by atoms with Crippen LogP contribution in [0.2, 0.25) is 0 Å². The molecule has 0 bridgehead atoms. The number of anilines is 1. The van der Waals surface area contributed by atoms with Crippen LogP contribution in [-0.4, -0.2) is 10.5 Å². The summed E-state index contributed by atoms with van der Waals surface area (Å²) < 4.78 is 2.21. The zero-order valence-electron chi connectivity index (χ0n) is 12.5. The smallest absolute Gasteiger partial charge is 0.221 e.